The van der Waals surface area contributed by atoms with Crippen molar-refractivity contribution < 1.29 is 0 Å². The first kappa shape index (κ1) is 9.09. The lowest BCUT2D eigenvalue weighted by atomic mass is 10.2. The summed E-state index contributed by atoms with van der Waals surface area (Å²) >= 11 is 3.36. The van der Waals surface area contributed by atoms with Gasteiger partial charge in [-0.05, 0) is 52.4 Å². The molecule has 0 amide bonds. The summed E-state index contributed by atoms with van der Waals surface area (Å²) in [5, 5.41) is 4.32. The highest BCUT2D eigenvalue weighted by atomic mass is 79.9. The van der Waals surface area contributed by atoms with Crippen LogP contribution in [0, 0.1) is 0 Å². The molecule has 4 heteroatoms. The molecular weight excluding hydrogens is 254 g/mol. The molecule has 2 aromatic heterocycles. The first-order valence-electron chi connectivity index (χ1n) is 5.00. The van der Waals surface area contributed by atoms with Gasteiger partial charge in [-0.25, -0.2) is 9.67 Å². The summed E-state index contributed by atoms with van der Waals surface area (Å²) in [5.74, 6) is 1.60. The first-order valence-corrected chi connectivity index (χ1v) is 5.80. The van der Waals surface area contributed by atoms with Crippen LogP contribution < -0.4 is 0 Å². The molecular formula is C11H10BrN3. The van der Waals surface area contributed by atoms with E-state index in [0.29, 0.717) is 0 Å². The molecule has 2 heterocycles. The number of nitrogens with zero attached hydrogens (tertiary/aromatic N) is 3. The molecule has 0 spiro atoms. The fourth-order valence-corrected chi connectivity index (χ4v) is 1.95. The highest BCUT2D eigenvalue weighted by molar-refractivity contribution is 9.10. The Morgan fingerprint density at radius 2 is 2.20 bits per heavy atom. The zero-order valence-electron chi connectivity index (χ0n) is 8.10. The van der Waals surface area contributed by atoms with Gasteiger partial charge in [0.05, 0.1) is 6.20 Å². The van der Waals surface area contributed by atoms with Crippen LogP contribution in [-0.4, -0.2) is 14.8 Å². The summed E-state index contributed by atoms with van der Waals surface area (Å²) in [5.41, 5.74) is 1.33. The van der Waals surface area contributed by atoms with E-state index in [-0.39, 0.29) is 0 Å². The summed E-state index contributed by atoms with van der Waals surface area (Å²) in [4.78, 5) is 4.35. The van der Waals surface area contributed by atoms with Crippen molar-refractivity contribution in [3.05, 3.63) is 40.8 Å². The molecule has 1 aliphatic carbocycles. The molecule has 1 saturated carbocycles. The molecule has 0 aromatic carbocycles. The fourth-order valence-electron chi connectivity index (χ4n) is 1.61. The molecule has 0 N–H and O–H groups in total. The molecule has 0 bridgehead atoms. The van der Waals surface area contributed by atoms with Gasteiger partial charge in [-0.15, -0.1) is 0 Å². The zero-order valence-corrected chi connectivity index (χ0v) is 9.68. The Hall–Kier alpha value is -1.16. The van der Waals surface area contributed by atoms with E-state index in [2.05, 4.69) is 32.2 Å². The van der Waals surface area contributed by atoms with Gasteiger partial charge in [0.1, 0.15) is 4.60 Å². The van der Waals surface area contributed by atoms with Gasteiger partial charge in [-0.3, -0.25) is 0 Å². The number of rotatable bonds is 2. The molecule has 3 nitrogen and oxygen atoms in total. The van der Waals surface area contributed by atoms with E-state index in [1.54, 1.807) is 0 Å². The lowest BCUT2D eigenvalue weighted by Crippen LogP contribution is -1.97. The first-order chi connectivity index (χ1) is 7.33. The topological polar surface area (TPSA) is 30.7 Å². The van der Waals surface area contributed by atoms with Gasteiger partial charge in [0.2, 0.25) is 0 Å². The van der Waals surface area contributed by atoms with E-state index in [0.717, 1.165) is 16.3 Å². The second kappa shape index (κ2) is 3.45. The van der Waals surface area contributed by atoms with Crippen LogP contribution in [0.15, 0.2) is 35.2 Å². The molecule has 15 heavy (non-hydrogen) atoms. The number of hydrogen-bond donors (Lipinski definition) is 0. The SMILES string of the molecule is Brc1cccc(-n2cc(C3CC3)cn2)n1. The van der Waals surface area contributed by atoms with Crippen molar-refractivity contribution in [1.29, 1.82) is 0 Å². The molecule has 0 radical (unpaired) electrons. The smallest absolute Gasteiger partial charge is 0.154 e. The Balaban J connectivity index is 1.97. The van der Waals surface area contributed by atoms with Crippen molar-refractivity contribution in [1.82, 2.24) is 14.8 Å². The van der Waals surface area contributed by atoms with Crippen LogP contribution in [-0.2, 0) is 0 Å². The van der Waals surface area contributed by atoms with Gasteiger partial charge in [-0.2, -0.15) is 5.10 Å². The minimum atomic E-state index is 0.742. The zero-order chi connectivity index (χ0) is 10.3. The Kier molecular flexibility index (Phi) is 2.09. The summed E-state index contributed by atoms with van der Waals surface area (Å²) in [7, 11) is 0. The minimum Gasteiger partial charge on any atom is -0.222 e. The molecule has 2 aromatic rings. The Morgan fingerprint density at radius 1 is 1.33 bits per heavy atom. The molecule has 1 fully saturated rings. The van der Waals surface area contributed by atoms with Crippen LogP contribution in [0.5, 0.6) is 0 Å². The van der Waals surface area contributed by atoms with Crippen LogP contribution in [0.2, 0.25) is 0 Å². The molecule has 0 atom stereocenters. The van der Waals surface area contributed by atoms with Crippen molar-refractivity contribution in [2.75, 3.05) is 0 Å². The van der Waals surface area contributed by atoms with Crippen LogP contribution in [0.1, 0.15) is 24.3 Å². The molecule has 76 valence electrons. The number of aromatic nitrogens is 3. The summed E-state index contributed by atoms with van der Waals surface area (Å²) in [6, 6.07) is 5.83. The lowest BCUT2D eigenvalue weighted by molar-refractivity contribution is 0.842. The highest BCUT2D eigenvalue weighted by Gasteiger charge is 2.24. The predicted molar refractivity (Wildman–Crippen MR) is 61.0 cm³/mol. The minimum absolute atomic E-state index is 0.742. The maximum atomic E-state index is 4.35. The van der Waals surface area contributed by atoms with Crippen molar-refractivity contribution in [3.63, 3.8) is 0 Å². The monoisotopic (exact) mass is 263 g/mol. The van der Waals surface area contributed by atoms with Gasteiger partial charge in [0.25, 0.3) is 0 Å². The third-order valence-corrected chi connectivity index (χ3v) is 3.03. The number of pyridine rings is 1. The summed E-state index contributed by atoms with van der Waals surface area (Å²) < 4.78 is 2.67. The van der Waals surface area contributed by atoms with Crippen LogP contribution in [0.3, 0.4) is 0 Å². The van der Waals surface area contributed by atoms with E-state index in [1.165, 1.54) is 18.4 Å². The van der Waals surface area contributed by atoms with Gasteiger partial charge in [0, 0.05) is 6.20 Å². The van der Waals surface area contributed by atoms with Crippen molar-refractivity contribution in [2.24, 2.45) is 0 Å². The standard InChI is InChI=1S/C11H10BrN3/c12-10-2-1-3-11(14-10)15-7-9(6-13-15)8-4-5-8/h1-3,6-8H,4-5H2. The Bertz CT molecular complexity index is 488. The summed E-state index contributed by atoms with van der Waals surface area (Å²) in [6.07, 6.45) is 6.63. The highest BCUT2D eigenvalue weighted by Crippen LogP contribution is 2.39. The van der Waals surface area contributed by atoms with E-state index in [4.69, 9.17) is 0 Å². The second-order valence-corrected chi connectivity index (χ2v) is 4.62. The molecule has 3 rings (SSSR count). The number of halogens is 1. The quantitative estimate of drug-likeness (QED) is 0.781. The average Bonchev–Trinajstić information content (AvgIpc) is 2.97. The van der Waals surface area contributed by atoms with Crippen LogP contribution >= 0.6 is 15.9 Å². The van der Waals surface area contributed by atoms with E-state index >= 15 is 0 Å². The summed E-state index contributed by atoms with van der Waals surface area (Å²) in [6.45, 7) is 0. The maximum Gasteiger partial charge on any atom is 0.154 e. The average molecular weight is 264 g/mol. The van der Waals surface area contributed by atoms with E-state index in [1.807, 2.05) is 29.1 Å². The normalized spacial score (nSPS) is 15.5. The van der Waals surface area contributed by atoms with Crippen molar-refractivity contribution in [3.8, 4) is 5.82 Å². The molecule has 0 saturated heterocycles. The maximum absolute atomic E-state index is 4.35. The predicted octanol–water partition coefficient (Wildman–Crippen LogP) is 2.91. The lowest BCUT2D eigenvalue weighted by Gasteiger charge is -1.99. The molecule has 0 unspecified atom stereocenters. The van der Waals surface area contributed by atoms with Gasteiger partial charge in [0.15, 0.2) is 5.82 Å². The van der Waals surface area contributed by atoms with Crippen molar-refractivity contribution in [2.45, 2.75) is 18.8 Å². The molecule has 0 aliphatic heterocycles. The van der Waals surface area contributed by atoms with E-state index in [9.17, 15) is 0 Å². The second-order valence-electron chi connectivity index (χ2n) is 3.81. The Labute approximate surface area is 96.3 Å². The number of hydrogen-bond acceptors (Lipinski definition) is 2. The molecule has 1 aliphatic rings. The van der Waals surface area contributed by atoms with Gasteiger partial charge >= 0.3 is 0 Å². The van der Waals surface area contributed by atoms with Crippen LogP contribution in [0.4, 0.5) is 0 Å². The van der Waals surface area contributed by atoms with Gasteiger partial charge < -0.3 is 0 Å². The third kappa shape index (κ3) is 1.81. The fraction of sp³-hybridized carbons (Fsp3) is 0.273. The largest absolute Gasteiger partial charge is 0.222 e. The third-order valence-electron chi connectivity index (χ3n) is 2.59. The van der Waals surface area contributed by atoms with Gasteiger partial charge in [-0.1, -0.05) is 6.07 Å². The van der Waals surface area contributed by atoms with Crippen molar-refractivity contribution >= 4 is 15.9 Å². The Morgan fingerprint density at radius 3 is 2.93 bits per heavy atom. The van der Waals surface area contributed by atoms with Crippen LogP contribution in [0.25, 0.3) is 5.82 Å². The van der Waals surface area contributed by atoms with E-state index < -0.39 is 0 Å².